The summed E-state index contributed by atoms with van der Waals surface area (Å²) < 4.78 is 3.70. The molecule has 0 saturated heterocycles. The van der Waals surface area contributed by atoms with Crippen molar-refractivity contribution in [1.82, 2.24) is 34.6 Å². The number of hydrogen-bond donors (Lipinski definition) is 0. The first-order chi connectivity index (χ1) is 13.6. The molecule has 4 aromatic rings. The number of fused-ring (bicyclic) bond motifs is 2. The van der Waals surface area contributed by atoms with Gasteiger partial charge in [-0.25, -0.2) is 0 Å². The van der Waals surface area contributed by atoms with E-state index in [0.29, 0.717) is 0 Å². The van der Waals surface area contributed by atoms with Gasteiger partial charge in [0.15, 0.2) is 11.5 Å². The van der Waals surface area contributed by atoms with E-state index in [4.69, 9.17) is 10.1 Å². The van der Waals surface area contributed by atoms with Gasteiger partial charge in [0.05, 0.1) is 5.69 Å². The Morgan fingerprint density at radius 1 is 1.14 bits per heavy atom. The van der Waals surface area contributed by atoms with E-state index in [1.807, 2.05) is 23.1 Å². The number of hydrogen-bond acceptors (Lipinski definition) is 6. The molecule has 142 valence electrons. The highest BCUT2D eigenvalue weighted by Gasteiger charge is 2.23. The monoisotopic (exact) mass is 374 g/mol. The van der Waals surface area contributed by atoms with Crippen LogP contribution in [0.25, 0.3) is 16.9 Å². The smallest absolute Gasteiger partial charge is 0.180 e. The fourth-order valence-electron chi connectivity index (χ4n) is 3.80. The van der Waals surface area contributed by atoms with Crippen molar-refractivity contribution in [2.75, 3.05) is 11.4 Å². The van der Waals surface area contributed by atoms with Gasteiger partial charge >= 0.3 is 0 Å². The van der Waals surface area contributed by atoms with Gasteiger partial charge in [-0.3, -0.25) is 9.67 Å². The summed E-state index contributed by atoms with van der Waals surface area (Å²) in [6.07, 6.45) is 6.51. The maximum absolute atomic E-state index is 4.77. The summed E-state index contributed by atoms with van der Waals surface area (Å²) in [6, 6.07) is 4.26. The first-order valence-electron chi connectivity index (χ1n) is 9.58. The van der Waals surface area contributed by atoms with Crippen LogP contribution >= 0.6 is 0 Å². The van der Waals surface area contributed by atoms with Crippen LogP contribution in [0, 0.1) is 13.8 Å². The molecule has 0 spiro atoms. The highest BCUT2D eigenvalue weighted by molar-refractivity contribution is 5.62. The Hall–Kier alpha value is -3.29. The maximum atomic E-state index is 4.77. The number of aromatic nitrogens is 7. The minimum absolute atomic E-state index is 0.783. The van der Waals surface area contributed by atoms with Crippen LogP contribution < -0.4 is 4.90 Å². The summed E-state index contributed by atoms with van der Waals surface area (Å²) in [5, 5.41) is 17.5. The molecule has 8 heteroatoms. The third-order valence-corrected chi connectivity index (χ3v) is 5.57. The van der Waals surface area contributed by atoms with Crippen LogP contribution in [0.15, 0.2) is 30.9 Å². The number of aryl methyl sites for hydroxylation is 2. The lowest BCUT2D eigenvalue weighted by molar-refractivity contribution is 0.661. The Labute approximate surface area is 162 Å². The molecule has 0 aromatic carbocycles. The summed E-state index contributed by atoms with van der Waals surface area (Å²) in [7, 11) is 0. The second-order valence-corrected chi connectivity index (χ2v) is 7.23. The average Bonchev–Trinajstić information content (AvgIpc) is 3.39. The van der Waals surface area contributed by atoms with Gasteiger partial charge < -0.3 is 4.90 Å². The Morgan fingerprint density at radius 2 is 2.04 bits per heavy atom. The minimum Gasteiger partial charge on any atom is -0.350 e. The van der Waals surface area contributed by atoms with E-state index < -0.39 is 0 Å². The molecule has 0 radical (unpaired) electrons. The molecular weight excluding hydrogens is 352 g/mol. The standard InChI is InChI=1S/C20H22N8/c1-4-27-8-6-18(24-27)15-9-16-11-26(7-5-17(16)21-10-15)20-14(3)13(2)19-23-22-12-28(19)25-20/h6,8-10,12H,4-5,7,11H2,1-3H3. The molecule has 0 fully saturated rings. The molecule has 1 aliphatic heterocycles. The quantitative estimate of drug-likeness (QED) is 0.549. The number of anilines is 1. The van der Waals surface area contributed by atoms with Gasteiger partial charge in [0.25, 0.3) is 0 Å². The van der Waals surface area contributed by atoms with Crippen molar-refractivity contribution in [2.24, 2.45) is 0 Å². The molecule has 0 bridgehead atoms. The van der Waals surface area contributed by atoms with Crippen LogP contribution in [0.3, 0.4) is 0 Å². The summed E-state index contributed by atoms with van der Waals surface area (Å²) >= 11 is 0. The zero-order valence-corrected chi connectivity index (χ0v) is 16.3. The van der Waals surface area contributed by atoms with Gasteiger partial charge in [-0.2, -0.15) is 9.61 Å². The summed E-state index contributed by atoms with van der Waals surface area (Å²) in [6.45, 7) is 8.81. The van der Waals surface area contributed by atoms with Crippen molar-refractivity contribution in [1.29, 1.82) is 0 Å². The van der Waals surface area contributed by atoms with Gasteiger partial charge in [0, 0.05) is 60.8 Å². The van der Waals surface area contributed by atoms with Crippen LogP contribution in [0.1, 0.15) is 29.3 Å². The highest BCUT2D eigenvalue weighted by atomic mass is 15.4. The van der Waals surface area contributed by atoms with Gasteiger partial charge in [0.2, 0.25) is 0 Å². The topological polar surface area (TPSA) is 77.0 Å². The van der Waals surface area contributed by atoms with E-state index in [0.717, 1.165) is 65.6 Å². The Bertz CT molecular complexity index is 1170. The molecule has 5 heterocycles. The third kappa shape index (κ3) is 2.64. The van der Waals surface area contributed by atoms with E-state index in [2.05, 4.69) is 47.0 Å². The molecular formula is C20H22N8. The van der Waals surface area contributed by atoms with E-state index >= 15 is 0 Å². The minimum atomic E-state index is 0.783. The first kappa shape index (κ1) is 16.9. The van der Waals surface area contributed by atoms with E-state index in [9.17, 15) is 0 Å². The van der Waals surface area contributed by atoms with Gasteiger partial charge in [-0.05, 0) is 38.5 Å². The molecule has 4 aromatic heterocycles. The number of nitrogens with zero attached hydrogens (tertiary/aromatic N) is 8. The molecule has 0 atom stereocenters. The predicted molar refractivity (Wildman–Crippen MR) is 106 cm³/mol. The zero-order valence-electron chi connectivity index (χ0n) is 16.3. The Morgan fingerprint density at radius 3 is 2.86 bits per heavy atom. The van der Waals surface area contributed by atoms with Crippen molar-refractivity contribution in [3.8, 4) is 11.3 Å². The fraction of sp³-hybridized carbons (Fsp3) is 0.350. The second-order valence-electron chi connectivity index (χ2n) is 7.23. The summed E-state index contributed by atoms with van der Waals surface area (Å²) in [4.78, 5) is 7.04. The van der Waals surface area contributed by atoms with Crippen LogP contribution in [0.2, 0.25) is 0 Å². The van der Waals surface area contributed by atoms with Crippen molar-refractivity contribution < 1.29 is 0 Å². The maximum Gasteiger partial charge on any atom is 0.180 e. The molecule has 0 aliphatic carbocycles. The molecule has 0 N–H and O–H groups in total. The molecule has 0 amide bonds. The molecule has 0 unspecified atom stereocenters. The Kier molecular flexibility index (Phi) is 3.85. The lowest BCUT2D eigenvalue weighted by atomic mass is 10.0. The molecule has 28 heavy (non-hydrogen) atoms. The molecule has 8 nitrogen and oxygen atoms in total. The average molecular weight is 374 g/mol. The second kappa shape index (κ2) is 6.40. The predicted octanol–water partition coefficient (Wildman–Crippen LogP) is 2.58. The molecule has 1 aliphatic rings. The summed E-state index contributed by atoms with van der Waals surface area (Å²) in [5.41, 5.74) is 7.49. The van der Waals surface area contributed by atoms with Gasteiger partial charge in [-0.1, -0.05) is 0 Å². The Balaban J connectivity index is 1.51. The number of rotatable bonds is 3. The van der Waals surface area contributed by atoms with Crippen LogP contribution in [-0.4, -0.2) is 41.1 Å². The summed E-state index contributed by atoms with van der Waals surface area (Å²) in [5.74, 6) is 0.983. The van der Waals surface area contributed by atoms with E-state index in [1.165, 1.54) is 5.56 Å². The third-order valence-electron chi connectivity index (χ3n) is 5.57. The van der Waals surface area contributed by atoms with Crippen molar-refractivity contribution in [3.05, 3.63) is 53.2 Å². The molecule has 0 saturated carbocycles. The van der Waals surface area contributed by atoms with Crippen molar-refractivity contribution >= 4 is 11.5 Å². The first-order valence-corrected chi connectivity index (χ1v) is 9.58. The van der Waals surface area contributed by atoms with Crippen LogP contribution in [-0.2, 0) is 19.5 Å². The lowest BCUT2D eigenvalue weighted by Gasteiger charge is -2.30. The van der Waals surface area contributed by atoms with Crippen molar-refractivity contribution in [2.45, 2.75) is 40.3 Å². The zero-order chi connectivity index (χ0) is 19.3. The van der Waals surface area contributed by atoms with Gasteiger partial charge in [0.1, 0.15) is 6.33 Å². The van der Waals surface area contributed by atoms with E-state index in [1.54, 1.807) is 10.8 Å². The SMILES string of the molecule is CCn1ccc(-c2cnc3c(c2)CN(c2nn4cnnc4c(C)c2C)CC3)n1. The lowest BCUT2D eigenvalue weighted by Crippen LogP contribution is -2.32. The van der Waals surface area contributed by atoms with E-state index in [-0.39, 0.29) is 0 Å². The largest absolute Gasteiger partial charge is 0.350 e. The molecule has 5 rings (SSSR count). The van der Waals surface area contributed by atoms with Crippen LogP contribution in [0.5, 0.6) is 0 Å². The highest BCUT2D eigenvalue weighted by Crippen LogP contribution is 2.29. The normalized spacial score (nSPS) is 13.9. The van der Waals surface area contributed by atoms with Crippen molar-refractivity contribution in [3.63, 3.8) is 0 Å². The van der Waals surface area contributed by atoms with Gasteiger partial charge in [-0.15, -0.1) is 15.3 Å². The fourth-order valence-corrected chi connectivity index (χ4v) is 3.80. The number of pyridine rings is 1. The van der Waals surface area contributed by atoms with Crippen LogP contribution in [0.4, 0.5) is 5.82 Å².